The van der Waals surface area contributed by atoms with Gasteiger partial charge in [-0.1, -0.05) is 18.2 Å². The van der Waals surface area contributed by atoms with E-state index in [-0.39, 0.29) is 17.8 Å². The van der Waals surface area contributed by atoms with Crippen LogP contribution in [0.2, 0.25) is 0 Å². The fraction of sp³-hybridized carbons (Fsp3) is 0.450. The highest BCUT2D eigenvalue weighted by molar-refractivity contribution is 5.95. The topological polar surface area (TPSA) is 72.1 Å². The Morgan fingerprint density at radius 1 is 1.36 bits per heavy atom. The number of nitrogen functional groups attached to an aromatic ring is 1. The van der Waals surface area contributed by atoms with Crippen LogP contribution in [-0.4, -0.2) is 33.9 Å². The summed E-state index contributed by atoms with van der Waals surface area (Å²) in [6, 6.07) is 5.46. The van der Waals surface area contributed by atoms with Gasteiger partial charge >= 0.3 is 6.18 Å². The SMILES string of the molecule is Cc1nc(N)ncc1C(=O)N1CCCC(CCc2cccc(C(F)(F)F)c2)C1. The lowest BCUT2D eigenvalue weighted by atomic mass is 9.91. The van der Waals surface area contributed by atoms with Crippen molar-refractivity contribution in [2.75, 3.05) is 18.8 Å². The summed E-state index contributed by atoms with van der Waals surface area (Å²) in [6.07, 6.45) is 0.242. The molecule has 1 aliphatic rings. The molecule has 0 spiro atoms. The molecular formula is C20H23F3N4O. The fourth-order valence-electron chi connectivity index (χ4n) is 3.62. The number of hydrogen-bond acceptors (Lipinski definition) is 4. The molecule has 0 aliphatic carbocycles. The van der Waals surface area contributed by atoms with Crippen LogP contribution in [0.3, 0.4) is 0 Å². The lowest BCUT2D eigenvalue weighted by Gasteiger charge is -2.33. The summed E-state index contributed by atoms with van der Waals surface area (Å²) in [4.78, 5) is 22.5. The van der Waals surface area contributed by atoms with Gasteiger partial charge in [0.25, 0.3) is 5.91 Å². The number of nitrogens with zero attached hydrogens (tertiary/aromatic N) is 3. The smallest absolute Gasteiger partial charge is 0.368 e. The summed E-state index contributed by atoms with van der Waals surface area (Å²) in [5.41, 5.74) is 6.57. The van der Waals surface area contributed by atoms with E-state index in [4.69, 9.17) is 5.73 Å². The van der Waals surface area contributed by atoms with Gasteiger partial charge in [0.05, 0.1) is 16.8 Å². The van der Waals surface area contributed by atoms with Gasteiger partial charge < -0.3 is 10.6 Å². The minimum Gasteiger partial charge on any atom is -0.368 e. The number of benzene rings is 1. The lowest BCUT2D eigenvalue weighted by Crippen LogP contribution is -2.40. The van der Waals surface area contributed by atoms with Gasteiger partial charge in [0, 0.05) is 19.3 Å². The predicted molar refractivity (Wildman–Crippen MR) is 99.6 cm³/mol. The zero-order valence-electron chi connectivity index (χ0n) is 15.7. The van der Waals surface area contributed by atoms with Crippen molar-refractivity contribution in [3.8, 4) is 0 Å². The fourth-order valence-corrected chi connectivity index (χ4v) is 3.62. The molecule has 2 heterocycles. The first kappa shape index (κ1) is 20.1. The molecule has 1 aliphatic heterocycles. The molecule has 0 saturated carbocycles. The van der Waals surface area contributed by atoms with E-state index in [1.807, 2.05) is 0 Å². The summed E-state index contributed by atoms with van der Waals surface area (Å²) < 4.78 is 38.6. The van der Waals surface area contributed by atoms with Crippen molar-refractivity contribution in [3.05, 3.63) is 52.8 Å². The van der Waals surface area contributed by atoms with E-state index < -0.39 is 11.7 Å². The molecule has 0 radical (unpaired) electrons. The maximum Gasteiger partial charge on any atom is 0.416 e. The van der Waals surface area contributed by atoms with Gasteiger partial charge in [-0.05, 0) is 50.2 Å². The molecule has 1 unspecified atom stereocenters. The lowest BCUT2D eigenvalue weighted by molar-refractivity contribution is -0.137. The number of likely N-dealkylation sites (tertiary alicyclic amines) is 1. The largest absolute Gasteiger partial charge is 0.416 e. The molecule has 1 fully saturated rings. The average Bonchev–Trinajstić information content (AvgIpc) is 2.66. The maximum atomic E-state index is 12.9. The van der Waals surface area contributed by atoms with Crippen LogP contribution in [0.15, 0.2) is 30.5 Å². The van der Waals surface area contributed by atoms with E-state index in [2.05, 4.69) is 9.97 Å². The van der Waals surface area contributed by atoms with Gasteiger partial charge in [0.15, 0.2) is 0 Å². The van der Waals surface area contributed by atoms with Crippen molar-refractivity contribution in [3.63, 3.8) is 0 Å². The molecule has 5 nitrogen and oxygen atoms in total. The Balaban J connectivity index is 1.62. The van der Waals surface area contributed by atoms with Crippen LogP contribution in [0.25, 0.3) is 0 Å². The van der Waals surface area contributed by atoms with Gasteiger partial charge in [-0.3, -0.25) is 4.79 Å². The van der Waals surface area contributed by atoms with E-state index in [1.54, 1.807) is 17.9 Å². The molecule has 1 amide bonds. The summed E-state index contributed by atoms with van der Waals surface area (Å²) in [5, 5.41) is 0. The Morgan fingerprint density at radius 2 is 2.14 bits per heavy atom. The average molecular weight is 392 g/mol. The highest BCUT2D eigenvalue weighted by Crippen LogP contribution is 2.30. The highest BCUT2D eigenvalue weighted by Gasteiger charge is 2.30. The third-order valence-corrected chi connectivity index (χ3v) is 5.13. The Labute approximate surface area is 161 Å². The first-order valence-electron chi connectivity index (χ1n) is 9.28. The predicted octanol–water partition coefficient (Wildman–Crippen LogP) is 3.87. The van der Waals surface area contributed by atoms with E-state index in [1.165, 1.54) is 18.3 Å². The van der Waals surface area contributed by atoms with Crippen LogP contribution in [-0.2, 0) is 12.6 Å². The number of piperidine rings is 1. The van der Waals surface area contributed by atoms with E-state index in [9.17, 15) is 18.0 Å². The summed E-state index contributed by atoms with van der Waals surface area (Å²) in [7, 11) is 0. The second-order valence-corrected chi connectivity index (χ2v) is 7.22. The van der Waals surface area contributed by atoms with E-state index in [0.29, 0.717) is 36.3 Å². The standard InChI is InChI=1S/C20H23F3N4O/c1-13-17(11-25-19(24)26-13)18(28)27-9-3-5-15(12-27)8-7-14-4-2-6-16(10-14)20(21,22)23/h2,4,6,10-11,15H,3,5,7-9,12H2,1H3,(H2,24,25,26). The maximum absolute atomic E-state index is 12.9. The number of amides is 1. The van der Waals surface area contributed by atoms with Crippen LogP contribution >= 0.6 is 0 Å². The summed E-state index contributed by atoms with van der Waals surface area (Å²) in [6.45, 7) is 2.96. The third-order valence-electron chi connectivity index (χ3n) is 5.13. The quantitative estimate of drug-likeness (QED) is 0.857. The van der Waals surface area contributed by atoms with E-state index >= 15 is 0 Å². The zero-order valence-corrected chi connectivity index (χ0v) is 15.7. The van der Waals surface area contributed by atoms with Crippen molar-refractivity contribution in [1.29, 1.82) is 0 Å². The van der Waals surface area contributed by atoms with Crippen LogP contribution in [0.5, 0.6) is 0 Å². The molecule has 2 aromatic rings. The van der Waals surface area contributed by atoms with Crippen molar-refractivity contribution in [2.45, 2.75) is 38.8 Å². The number of carbonyl (C=O) groups excluding carboxylic acids is 1. The van der Waals surface area contributed by atoms with Gasteiger partial charge in [0.2, 0.25) is 5.95 Å². The Morgan fingerprint density at radius 3 is 2.86 bits per heavy atom. The third kappa shape index (κ3) is 4.79. The van der Waals surface area contributed by atoms with Crippen molar-refractivity contribution in [2.24, 2.45) is 5.92 Å². The number of nitrogens with two attached hydrogens (primary N) is 1. The number of halogens is 3. The molecule has 1 aromatic heterocycles. The molecule has 0 bridgehead atoms. The Kier molecular flexibility index (Phi) is 5.86. The highest BCUT2D eigenvalue weighted by atomic mass is 19.4. The molecule has 2 N–H and O–H groups in total. The Bertz CT molecular complexity index is 854. The van der Waals surface area contributed by atoms with Gasteiger partial charge in [-0.25, -0.2) is 9.97 Å². The second-order valence-electron chi connectivity index (χ2n) is 7.22. The van der Waals surface area contributed by atoms with Crippen LogP contribution < -0.4 is 5.73 Å². The number of aromatic nitrogens is 2. The normalized spacial score (nSPS) is 17.6. The van der Waals surface area contributed by atoms with Crippen LogP contribution in [0.4, 0.5) is 19.1 Å². The van der Waals surface area contributed by atoms with E-state index in [0.717, 1.165) is 25.3 Å². The number of anilines is 1. The Hall–Kier alpha value is -2.64. The minimum absolute atomic E-state index is 0.124. The molecule has 1 atom stereocenters. The summed E-state index contributed by atoms with van der Waals surface area (Å²) >= 11 is 0. The molecular weight excluding hydrogens is 369 g/mol. The molecule has 1 aromatic carbocycles. The minimum atomic E-state index is -4.33. The number of hydrogen-bond donors (Lipinski definition) is 1. The number of carbonyl (C=O) groups is 1. The van der Waals surface area contributed by atoms with Crippen molar-refractivity contribution < 1.29 is 18.0 Å². The van der Waals surface area contributed by atoms with Gasteiger partial charge in [-0.15, -0.1) is 0 Å². The molecule has 150 valence electrons. The molecule has 3 rings (SSSR count). The van der Waals surface area contributed by atoms with Crippen molar-refractivity contribution >= 4 is 11.9 Å². The molecule has 28 heavy (non-hydrogen) atoms. The van der Waals surface area contributed by atoms with Crippen LogP contribution in [0, 0.1) is 12.8 Å². The summed E-state index contributed by atoms with van der Waals surface area (Å²) in [5.74, 6) is 0.259. The number of aryl methyl sites for hydroxylation is 2. The zero-order chi connectivity index (χ0) is 20.3. The molecule has 8 heteroatoms. The molecule has 1 saturated heterocycles. The monoisotopic (exact) mass is 392 g/mol. The number of alkyl halides is 3. The second kappa shape index (κ2) is 8.16. The van der Waals surface area contributed by atoms with Gasteiger partial charge in [0.1, 0.15) is 0 Å². The van der Waals surface area contributed by atoms with Crippen molar-refractivity contribution in [1.82, 2.24) is 14.9 Å². The first-order chi connectivity index (χ1) is 13.2. The number of rotatable bonds is 4. The van der Waals surface area contributed by atoms with Crippen LogP contribution in [0.1, 0.15) is 46.4 Å². The first-order valence-corrected chi connectivity index (χ1v) is 9.28. The van der Waals surface area contributed by atoms with Gasteiger partial charge in [-0.2, -0.15) is 13.2 Å².